The number of sulfone groups is 1. The molecule has 8 heteroatoms. The molecule has 0 spiro atoms. The van der Waals surface area contributed by atoms with Crippen molar-refractivity contribution in [3.8, 4) is 0 Å². The van der Waals surface area contributed by atoms with Crippen molar-refractivity contribution >= 4 is 21.4 Å². The van der Waals surface area contributed by atoms with Gasteiger partial charge in [0.2, 0.25) is 5.91 Å². The van der Waals surface area contributed by atoms with E-state index >= 15 is 0 Å². The summed E-state index contributed by atoms with van der Waals surface area (Å²) in [6.45, 7) is 0. The molecule has 0 bridgehead atoms. The van der Waals surface area contributed by atoms with Crippen LogP contribution < -0.4 is 0 Å². The molecule has 1 heterocycles. The molecule has 1 atom stereocenters. The quantitative estimate of drug-likeness (QED) is 0.604. The Bertz CT molecular complexity index is 654. The van der Waals surface area contributed by atoms with Gasteiger partial charge in [-0.2, -0.15) is 0 Å². The average Bonchev–Trinajstić information content (AvgIpc) is 2.78. The van der Waals surface area contributed by atoms with Gasteiger partial charge in [-0.1, -0.05) is 12.1 Å². The van der Waals surface area contributed by atoms with Crippen LogP contribution >= 0.6 is 0 Å². The minimum absolute atomic E-state index is 0.00943. The first-order valence-electron chi connectivity index (χ1n) is 6.48. The molecule has 1 saturated heterocycles. The first-order valence-corrected chi connectivity index (χ1v) is 8.30. The number of amides is 1. The largest absolute Gasteiger partial charge is 0.341 e. The Labute approximate surface area is 122 Å². The van der Waals surface area contributed by atoms with Crippen molar-refractivity contribution in [3.05, 3.63) is 39.9 Å². The van der Waals surface area contributed by atoms with Gasteiger partial charge in [0, 0.05) is 25.2 Å². The summed E-state index contributed by atoms with van der Waals surface area (Å²) < 4.78 is 22.9. The Hall–Kier alpha value is -1.96. The highest BCUT2D eigenvalue weighted by atomic mass is 32.2. The maximum absolute atomic E-state index is 12.1. The number of hydrogen-bond acceptors (Lipinski definition) is 5. The van der Waals surface area contributed by atoms with Crippen LogP contribution in [-0.4, -0.2) is 48.7 Å². The Balaban J connectivity index is 1.99. The highest BCUT2D eigenvalue weighted by Crippen LogP contribution is 2.18. The number of nitro groups is 1. The van der Waals surface area contributed by atoms with Crippen LogP contribution in [-0.2, 0) is 21.1 Å². The van der Waals surface area contributed by atoms with E-state index in [4.69, 9.17) is 0 Å². The van der Waals surface area contributed by atoms with Crippen molar-refractivity contribution in [2.45, 2.75) is 18.9 Å². The van der Waals surface area contributed by atoms with Crippen LogP contribution in [0, 0.1) is 10.1 Å². The van der Waals surface area contributed by atoms with E-state index < -0.39 is 14.8 Å². The van der Waals surface area contributed by atoms with E-state index in [0.29, 0.717) is 12.0 Å². The molecule has 7 nitrogen and oxygen atoms in total. The summed E-state index contributed by atoms with van der Waals surface area (Å²) in [6, 6.07) is 5.50. The van der Waals surface area contributed by atoms with Crippen LogP contribution in [0.1, 0.15) is 12.0 Å². The molecule has 0 aliphatic carbocycles. The average molecular weight is 312 g/mol. The maximum atomic E-state index is 12.1. The lowest BCUT2D eigenvalue weighted by molar-refractivity contribution is -0.384. The van der Waals surface area contributed by atoms with Gasteiger partial charge in [0.05, 0.1) is 22.8 Å². The molecule has 0 aromatic heterocycles. The Kier molecular flexibility index (Phi) is 4.26. The Morgan fingerprint density at radius 2 is 2.00 bits per heavy atom. The van der Waals surface area contributed by atoms with Gasteiger partial charge in [0.1, 0.15) is 0 Å². The van der Waals surface area contributed by atoms with E-state index in [2.05, 4.69) is 0 Å². The number of rotatable bonds is 4. The third-order valence-electron chi connectivity index (χ3n) is 3.65. The van der Waals surface area contributed by atoms with Crippen LogP contribution in [0.2, 0.25) is 0 Å². The normalized spacial score (nSPS) is 20.1. The van der Waals surface area contributed by atoms with Crippen molar-refractivity contribution in [1.82, 2.24) is 4.90 Å². The number of non-ortho nitro benzene ring substituents is 1. The number of likely N-dealkylation sites (N-methyl/N-ethyl adjacent to an activating group) is 1. The van der Waals surface area contributed by atoms with Gasteiger partial charge in [-0.3, -0.25) is 14.9 Å². The maximum Gasteiger partial charge on any atom is 0.269 e. The molecular formula is C13H16N2O5S. The lowest BCUT2D eigenvalue weighted by Crippen LogP contribution is -2.38. The number of nitro benzene ring substituents is 1. The summed E-state index contributed by atoms with van der Waals surface area (Å²) >= 11 is 0. The topological polar surface area (TPSA) is 97.6 Å². The number of carbonyl (C=O) groups is 1. The van der Waals surface area contributed by atoms with Crippen LogP contribution in [0.25, 0.3) is 0 Å². The smallest absolute Gasteiger partial charge is 0.269 e. The molecule has 1 fully saturated rings. The molecule has 1 unspecified atom stereocenters. The second-order valence-electron chi connectivity index (χ2n) is 5.16. The van der Waals surface area contributed by atoms with Crippen LogP contribution in [0.5, 0.6) is 0 Å². The standard InChI is InChI=1S/C13H16N2O5S/c1-14(12-6-7-21(19,20)9-12)13(16)8-10-2-4-11(5-3-10)15(17)18/h2-5,12H,6-9H2,1H3. The molecule has 2 rings (SSSR count). The number of carbonyl (C=O) groups excluding carboxylic acids is 1. The minimum atomic E-state index is -3.03. The van der Waals surface area contributed by atoms with Crippen molar-refractivity contribution in [1.29, 1.82) is 0 Å². The summed E-state index contributed by atoms with van der Waals surface area (Å²) in [5.41, 5.74) is 0.639. The number of benzene rings is 1. The molecule has 1 aromatic rings. The first-order chi connectivity index (χ1) is 9.78. The predicted octanol–water partition coefficient (Wildman–Crippen LogP) is 0.783. The monoisotopic (exact) mass is 312 g/mol. The Morgan fingerprint density at radius 3 is 2.48 bits per heavy atom. The third-order valence-corrected chi connectivity index (χ3v) is 5.40. The second kappa shape index (κ2) is 5.80. The van der Waals surface area contributed by atoms with Crippen molar-refractivity contribution in [2.24, 2.45) is 0 Å². The third kappa shape index (κ3) is 3.78. The number of hydrogen-bond donors (Lipinski definition) is 0. The van der Waals surface area contributed by atoms with Crippen LogP contribution in [0.3, 0.4) is 0 Å². The summed E-state index contributed by atoms with van der Waals surface area (Å²) in [6.07, 6.45) is 0.565. The first kappa shape index (κ1) is 15.4. The molecule has 1 aliphatic heterocycles. The fourth-order valence-corrected chi connectivity index (χ4v) is 4.09. The predicted molar refractivity (Wildman–Crippen MR) is 76.6 cm³/mol. The minimum Gasteiger partial charge on any atom is -0.341 e. The summed E-state index contributed by atoms with van der Waals surface area (Å²) in [7, 11) is -1.43. The molecular weight excluding hydrogens is 296 g/mol. The van der Waals surface area contributed by atoms with Gasteiger partial charge in [0.15, 0.2) is 9.84 Å². The lowest BCUT2D eigenvalue weighted by Gasteiger charge is -2.23. The lowest BCUT2D eigenvalue weighted by atomic mass is 10.1. The summed E-state index contributed by atoms with van der Waals surface area (Å²) in [4.78, 5) is 23.6. The van der Waals surface area contributed by atoms with Gasteiger partial charge in [-0.25, -0.2) is 8.42 Å². The Morgan fingerprint density at radius 1 is 1.38 bits per heavy atom. The van der Waals surface area contributed by atoms with Crippen LogP contribution in [0.15, 0.2) is 24.3 Å². The number of nitrogens with zero attached hydrogens (tertiary/aromatic N) is 2. The molecule has 0 radical (unpaired) electrons. The van der Waals surface area contributed by atoms with E-state index in [0.717, 1.165) is 0 Å². The zero-order chi connectivity index (χ0) is 15.6. The van der Waals surface area contributed by atoms with Gasteiger partial charge in [0.25, 0.3) is 5.69 Å². The highest BCUT2D eigenvalue weighted by Gasteiger charge is 2.32. The van der Waals surface area contributed by atoms with Crippen molar-refractivity contribution in [2.75, 3.05) is 18.6 Å². The molecule has 1 amide bonds. The second-order valence-corrected chi connectivity index (χ2v) is 7.39. The van der Waals surface area contributed by atoms with Crippen LogP contribution in [0.4, 0.5) is 5.69 Å². The molecule has 21 heavy (non-hydrogen) atoms. The molecule has 1 aliphatic rings. The summed E-state index contributed by atoms with van der Waals surface area (Å²) in [5.74, 6) is -0.0616. The summed E-state index contributed by atoms with van der Waals surface area (Å²) in [5, 5.41) is 10.6. The fraction of sp³-hybridized carbons (Fsp3) is 0.462. The zero-order valence-electron chi connectivity index (χ0n) is 11.6. The highest BCUT2D eigenvalue weighted by molar-refractivity contribution is 7.91. The van der Waals surface area contributed by atoms with Crippen molar-refractivity contribution in [3.63, 3.8) is 0 Å². The zero-order valence-corrected chi connectivity index (χ0v) is 12.4. The van der Waals surface area contributed by atoms with E-state index in [-0.39, 0.29) is 35.6 Å². The van der Waals surface area contributed by atoms with E-state index in [1.807, 2.05) is 0 Å². The van der Waals surface area contributed by atoms with Gasteiger partial charge >= 0.3 is 0 Å². The van der Waals surface area contributed by atoms with Gasteiger partial charge < -0.3 is 4.90 Å². The van der Waals surface area contributed by atoms with E-state index in [1.54, 1.807) is 7.05 Å². The van der Waals surface area contributed by atoms with E-state index in [1.165, 1.54) is 29.2 Å². The molecule has 0 saturated carbocycles. The molecule has 0 N–H and O–H groups in total. The van der Waals surface area contributed by atoms with Gasteiger partial charge in [-0.15, -0.1) is 0 Å². The molecule has 1 aromatic carbocycles. The SMILES string of the molecule is CN(C(=O)Cc1ccc([N+](=O)[O-])cc1)C1CCS(=O)(=O)C1. The fourth-order valence-electron chi connectivity index (χ4n) is 2.32. The van der Waals surface area contributed by atoms with Gasteiger partial charge in [-0.05, 0) is 12.0 Å². The van der Waals surface area contributed by atoms with E-state index in [9.17, 15) is 23.3 Å². The molecule has 114 valence electrons. The van der Waals surface area contributed by atoms with Crippen molar-refractivity contribution < 1.29 is 18.1 Å².